The minimum absolute atomic E-state index is 0.303. The molecule has 20 heavy (non-hydrogen) atoms. The lowest BCUT2D eigenvalue weighted by atomic mass is 10.1. The monoisotopic (exact) mass is 272 g/mol. The number of halogens is 1. The number of hydrogen-bond donors (Lipinski definition) is 2. The Kier molecular flexibility index (Phi) is 4.03. The maximum atomic E-state index is 13.7. The Labute approximate surface area is 117 Å². The van der Waals surface area contributed by atoms with Crippen molar-refractivity contribution in [2.45, 2.75) is 20.4 Å². The molecule has 3 N–H and O–H groups in total. The lowest BCUT2D eigenvalue weighted by molar-refractivity contribution is 0.1000. The van der Waals surface area contributed by atoms with Crippen molar-refractivity contribution >= 4 is 11.6 Å². The van der Waals surface area contributed by atoms with Crippen molar-refractivity contribution in [2.75, 3.05) is 5.32 Å². The van der Waals surface area contributed by atoms with Crippen molar-refractivity contribution in [2.24, 2.45) is 5.73 Å². The second-order valence-corrected chi connectivity index (χ2v) is 4.84. The Bertz CT molecular complexity index is 653. The summed E-state index contributed by atoms with van der Waals surface area (Å²) in [7, 11) is 0. The third-order valence-corrected chi connectivity index (χ3v) is 3.19. The van der Waals surface area contributed by atoms with E-state index in [0.717, 1.165) is 16.8 Å². The molecule has 4 heteroatoms. The fourth-order valence-electron chi connectivity index (χ4n) is 1.98. The van der Waals surface area contributed by atoms with E-state index >= 15 is 0 Å². The first-order valence-electron chi connectivity index (χ1n) is 6.36. The molecule has 1 amide bonds. The average Bonchev–Trinajstić information content (AvgIpc) is 2.41. The molecule has 0 aliphatic carbocycles. The van der Waals surface area contributed by atoms with E-state index in [4.69, 9.17) is 5.73 Å². The number of aryl methyl sites for hydroxylation is 2. The molecule has 0 aliphatic rings. The van der Waals surface area contributed by atoms with Crippen molar-refractivity contribution < 1.29 is 9.18 Å². The molecule has 2 rings (SSSR count). The summed E-state index contributed by atoms with van der Waals surface area (Å²) in [6.45, 7) is 4.29. The molecule has 0 fully saturated rings. The number of rotatable bonds is 4. The zero-order valence-electron chi connectivity index (χ0n) is 11.5. The Balaban J connectivity index is 2.20. The van der Waals surface area contributed by atoms with Crippen molar-refractivity contribution in [3.8, 4) is 0 Å². The first-order valence-corrected chi connectivity index (χ1v) is 6.36. The molecule has 0 saturated carbocycles. The van der Waals surface area contributed by atoms with Crippen LogP contribution in [0.15, 0.2) is 36.4 Å². The maximum Gasteiger partial charge on any atom is 0.248 e. The van der Waals surface area contributed by atoms with Crippen molar-refractivity contribution in [3.05, 3.63) is 64.5 Å². The molecule has 0 radical (unpaired) electrons. The van der Waals surface area contributed by atoms with E-state index in [1.165, 1.54) is 18.2 Å². The van der Waals surface area contributed by atoms with Gasteiger partial charge in [-0.25, -0.2) is 4.39 Å². The van der Waals surface area contributed by atoms with E-state index in [1.54, 1.807) is 0 Å². The molecule has 0 unspecified atom stereocenters. The van der Waals surface area contributed by atoms with E-state index in [9.17, 15) is 9.18 Å². The highest BCUT2D eigenvalue weighted by molar-refractivity contribution is 5.92. The summed E-state index contributed by atoms with van der Waals surface area (Å²) in [6, 6.07) is 10.2. The van der Waals surface area contributed by atoms with Gasteiger partial charge >= 0.3 is 0 Å². The van der Waals surface area contributed by atoms with Crippen LogP contribution < -0.4 is 11.1 Å². The predicted octanol–water partition coefficient (Wildman–Crippen LogP) is 3.15. The summed E-state index contributed by atoms with van der Waals surface area (Å²) in [5.41, 5.74) is 9.10. The number of carbonyl (C=O) groups is 1. The van der Waals surface area contributed by atoms with E-state index in [-0.39, 0.29) is 5.82 Å². The van der Waals surface area contributed by atoms with Crippen LogP contribution >= 0.6 is 0 Å². The maximum absolute atomic E-state index is 13.7. The fourth-order valence-corrected chi connectivity index (χ4v) is 1.98. The quantitative estimate of drug-likeness (QED) is 0.898. The highest BCUT2D eigenvalue weighted by Gasteiger charge is 2.07. The number of primary amides is 1. The molecule has 0 bridgehead atoms. The van der Waals surface area contributed by atoms with Crippen LogP contribution in [0.1, 0.15) is 27.0 Å². The predicted molar refractivity (Wildman–Crippen MR) is 78.2 cm³/mol. The smallest absolute Gasteiger partial charge is 0.248 e. The Hall–Kier alpha value is -2.36. The molecule has 104 valence electrons. The second-order valence-electron chi connectivity index (χ2n) is 4.84. The molecular weight excluding hydrogens is 255 g/mol. The van der Waals surface area contributed by atoms with Gasteiger partial charge in [0.2, 0.25) is 5.91 Å². The standard InChI is InChI=1S/C16H17FN2O/c1-10-3-4-11(2)15(7-10)19-9-13-8-12(16(18)20)5-6-14(13)17/h3-8,19H,9H2,1-2H3,(H2,18,20). The molecule has 0 aliphatic heterocycles. The molecular formula is C16H17FN2O. The molecule has 0 saturated heterocycles. The Morgan fingerprint density at radius 3 is 2.65 bits per heavy atom. The van der Waals surface area contributed by atoms with Gasteiger partial charge in [0.15, 0.2) is 0 Å². The van der Waals surface area contributed by atoms with Gasteiger partial charge in [0.1, 0.15) is 5.82 Å². The summed E-state index contributed by atoms with van der Waals surface area (Å²) in [6.07, 6.45) is 0. The van der Waals surface area contributed by atoms with E-state index in [1.807, 2.05) is 32.0 Å². The summed E-state index contributed by atoms with van der Waals surface area (Å²) in [5, 5.41) is 3.18. The largest absolute Gasteiger partial charge is 0.381 e. The Morgan fingerprint density at radius 2 is 1.95 bits per heavy atom. The molecule has 0 aromatic heterocycles. The third-order valence-electron chi connectivity index (χ3n) is 3.19. The van der Waals surface area contributed by atoms with Crippen LogP contribution in [0, 0.1) is 19.7 Å². The van der Waals surface area contributed by atoms with Crippen LogP contribution in [0.3, 0.4) is 0 Å². The summed E-state index contributed by atoms with van der Waals surface area (Å²) in [5.74, 6) is -0.911. The lowest BCUT2D eigenvalue weighted by Crippen LogP contribution is -2.12. The molecule has 3 nitrogen and oxygen atoms in total. The van der Waals surface area contributed by atoms with Crippen LogP contribution in [0.25, 0.3) is 0 Å². The number of hydrogen-bond acceptors (Lipinski definition) is 2. The third kappa shape index (κ3) is 3.15. The highest BCUT2D eigenvalue weighted by atomic mass is 19.1. The summed E-state index contributed by atoms with van der Waals surface area (Å²) in [4.78, 5) is 11.1. The van der Waals surface area contributed by atoms with E-state index in [0.29, 0.717) is 17.7 Å². The Morgan fingerprint density at radius 1 is 1.20 bits per heavy atom. The topological polar surface area (TPSA) is 55.1 Å². The van der Waals surface area contributed by atoms with Gasteiger partial charge in [0.25, 0.3) is 0 Å². The number of carbonyl (C=O) groups excluding carboxylic acids is 1. The zero-order chi connectivity index (χ0) is 14.7. The van der Waals surface area contributed by atoms with E-state index in [2.05, 4.69) is 5.32 Å². The van der Waals surface area contributed by atoms with Crippen LogP contribution in [0.4, 0.5) is 10.1 Å². The van der Waals surface area contributed by atoms with Crippen LogP contribution in [0.2, 0.25) is 0 Å². The summed E-state index contributed by atoms with van der Waals surface area (Å²) >= 11 is 0. The lowest BCUT2D eigenvalue weighted by Gasteiger charge is -2.11. The first kappa shape index (κ1) is 14.1. The van der Waals surface area contributed by atoms with E-state index < -0.39 is 5.91 Å². The molecule has 0 heterocycles. The number of benzene rings is 2. The minimum atomic E-state index is -0.557. The van der Waals surface area contributed by atoms with Crippen LogP contribution in [-0.2, 0) is 6.54 Å². The van der Waals surface area contributed by atoms with Crippen LogP contribution in [0.5, 0.6) is 0 Å². The van der Waals surface area contributed by atoms with Gasteiger partial charge in [-0.2, -0.15) is 0 Å². The van der Waals surface area contributed by atoms with Gasteiger partial charge < -0.3 is 11.1 Å². The number of nitrogens with two attached hydrogens (primary N) is 1. The highest BCUT2D eigenvalue weighted by Crippen LogP contribution is 2.18. The van der Waals surface area contributed by atoms with Crippen molar-refractivity contribution in [1.29, 1.82) is 0 Å². The van der Waals surface area contributed by atoms with Gasteiger partial charge in [0.05, 0.1) is 0 Å². The van der Waals surface area contributed by atoms with Gasteiger partial charge in [-0.1, -0.05) is 12.1 Å². The number of nitrogens with one attached hydrogen (secondary N) is 1. The van der Waals surface area contributed by atoms with Crippen LogP contribution in [-0.4, -0.2) is 5.91 Å². The van der Waals surface area contributed by atoms with Gasteiger partial charge in [-0.15, -0.1) is 0 Å². The normalized spacial score (nSPS) is 10.3. The minimum Gasteiger partial charge on any atom is -0.381 e. The SMILES string of the molecule is Cc1ccc(C)c(NCc2cc(C(N)=O)ccc2F)c1. The fraction of sp³-hybridized carbons (Fsp3) is 0.188. The van der Waals surface area contributed by atoms with Gasteiger partial charge in [-0.3, -0.25) is 4.79 Å². The zero-order valence-corrected chi connectivity index (χ0v) is 11.5. The number of anilines is 1. The first-order chi connectivity index (χ1) is 9.47. The van der Waals surface area contributed by atoms with Crippen molar-refractivity contribution in [1.82, 2.24) is 0 Å². The number of amides is 1. The van der Waals surface area contributed by atoms with Gasteiger partial charge in [0, 0.05) is 23.4 Å². The molecule has 2 aromatic carbocycles. The second kappa shape index (κ2) is 5.74. The van der Waals surface area contributed by atoms with Crippen molar-refractivity contribution in [3.63, 3.8) is 0 Å². The van der Waals surface area contributed by atoms with Gasteiger partial charge in [-0.05, 0) is 49.2 Å². The average molecular weight is 272 g/mol. The summed E-state index contributed by atoms with van der Waals surface area (Å²) < 4.78 is 13.7. The molecule has 2 aromatic rings. The molecule has 0 atom stereocenters. The molecule has 0 spiro atoms.